The first kappa shape index (κ1) is 13.3. The van der Waals surface area contributed by atoms with E-state index in [9.17, 15) is 13.2 Å². The van der Waals surface area contributed by atoms with Crippen LogP contribution in [0.15, 0.2) is 47.7 Å². The van der Waals surface area contributed by atoms with Gasteiger partial charge in [-0.25, -0.2) is 0 Å². The molecular formula is C16H16F3N. The standard InChI is InChI=1S/C16H16F3N/c17-16(18,19)13-7-3-2-6-12(13)15-10-9-11-5-1-4-8-14(11)20-15/h2-3,6-7,9-10,15,20H,1,4-5,8H2. The second kappa shape index (κ2) is 5.00. The fourth-order valence-corrected chi connectivity index (χ4v) is 2.93. The normalized spacial score (nSPS) is 22.4. The monoisotopic (exact) mass is 279 g/mol. The Labute approximate surface area is 116 Å². The van der Waals surface area contributed by atoms with Gasteiger partial charge in [0.25, 0.3) is 0 Å². The molecule has 0 saturated heterocycles. The fourth-order valence-electron chi connectivity index (χ4n) is 2.93. The SMILES string of the molecule is FC(F)(F)c1ccccc1C1C=CC2=C(CCCC2)N1. The Morgan fingerprint density at radius 3 is 2.60 bits per heavy atom. The summed E-state index contributed by atoms with van der Waals surface area (Å²) in [5, 5.41) is 3.28. The molecule has 0 aromatic heterocycles. The molecule has 0 spiro atoms. The molecular weight excluding hydrogens is 263 g/mol. The zero-order valence-corrected chi connectivity index (χ0v) is 11.0. The molecule has 1 atom stereocenters. The molecule has 0 bridgehead atoms. The summed E-state index contributed by atoms with van der Waals surface area (Å²) in [4.78, 5) is 0. The summed E-state index contributed by atoms with van der Waals surface area (Å²) in [5.74, 6) is 0. The summed E-state index contributed by atoms with van der Waals surface area (Å²) in [6, 6.07) is 5.41. The van der Waals surface area contributed by atoms with E-state index in [0.717, 1.165) is 37.4 Å². The van der Waals surface area contributed by atoms with Gasteiger partial charge >= 0.3 is 6.18 Å². The minimum atomic E-state index is -4.31. The zero-order chi connectivity index (χ0) is 14.2. The second-order valence-corrected chi connectivity index (χ2v) is 5.28. The molecule has 20 heavy (non-hydrogen) atoms. The van der Waals surface area contributed by atoms with Crippen molar-refractivity contribution in [2.24, 2.45) is 0 Å². The topological polar surface area (TPSA) is 12.0 Å². The number of nitrogens with one attached hydrogen (secondary N) is 1. The Kier molecular flexibility index (Phi) is 3.32. The molecule has 1 aromatic rings. The van der Waals surface area contributed by atoms with E-state index in [1.807, 2.05) is 12.2 Å². The third-order valence-electron chi connectivity index (χ3n) is 3.93. The van der Waals surface area contributed by atoms with E-state index in [4.69, 9.17) is 0 Å². The maximum atomic E-state index is 13.1. The quantitative estimate of drug-likeness (QED) is 0.783. The minimum absolute atomic E-state index is 0.299. The van der Waals surface area contributed by atoms with Crippen LogP contribution in [0.25, 0.3) is 0 Å². The second-order valence-electron chi connectivity index (χ2n) is 5.28. The number of alkyl halides is 3. The molecule has 1 heterocycles. The molecule has 1 aliphatic heterocycles. The van der Waals surface area contributed by atoms with Crippen LogP contribution in [0.3, 0.4) is 0 Å². The van der Waals surface area contributed by atoms with Crippen molar-refractivity contribution in [2.75, 3.05) is 0 Å². The summed E-state index contributed by atoms with van der Waals surface area (Å²) < 4.78 is 39.2. The number of benzene rings is 1. The summed E-state index contributed by atoms with van der Waals surface area (Å²) >= 11 is 0. The molecule has 1 N–H and O–H groups in total. The zero-order valence-electron chi connectivity index (χ0n) is 11.0. The van der Waals surface area contributed by atoms with Crippen molar-refractivity contribution in [3.05, 3.63) is 58.8 Å². The molecule has 2 aliphatic rings. The van der Waals surface area contributed by atoms with E-state index in [-0.39, 0.29) is 6.04 Å². The van der Waals surface area contributed by atoms with Crippen molar-refractivity contribution in [3.8, 4) is 0 Å². The van der Waals surface area contributed by atoms with Gasteiger partial charge in [-0.15, -0.1) is 0 Å². The highest BCUT2D eigenvalue weighted by Crippen LogP contribution is 2.37. The molecule has 106 valence electrons. The van der Waals surface area contributed by atoms with E-state index >= 15 is 0 Å². The largest absolute Gasteiger partial charge is 0.416 e. The summed E-state index contributed by atoms with van der Waals surface area (Å²) in [7, 11) is 0. The molecule has 1 aliphatic carbocycles. The Bertz CT molecular complexity index is 569. The number of halogens is 3. The van der Waals surface area contributed by atoms with Crippen LogP contribution in [0.4, 0.5) is 13.2 Å². The Morgan fingerprint density at radius 2 is 1.80 bits per heavy atom. The van der Waals surface area contributed by atoms with Gasteiger partial charge in [0.2, 0.25) is 0 Å². The van der Waals surface area contributed by atoms with Crippen LogP contribution in [0.5, 0.6) is 0 Å². The summed E-state index contributed by atoms with van der Waals surface area (Å²) in [6.45, 7) is 0. The first-order valence-corrected chi connectivity index (χ1v) is 6.88. The van der Waals surface area contributed by atoms with Crippen LogP contribution in [-0.4, -0.2) is 0 Å². The van der Waals surface area contributed by atoms with Gasteiger partial charge in [0.1, 0.15) is 0 Å². The van der Waals surface area contributed by atoms with Gasteiger partial charge in [-0.2, -0.15) is 13.2 Å². The predicted octanol–water partition coefficient (Wildman–Crippen LogP) is 4.73. The highest BCUT2D eigenvalue weighted by Gasteiger charge is 2.35. The van der Waals surface area contributed by atoms with Crippen molar-refractivity contribution in [3.63, 3.8) is 0 Å². The van der Waals surface area contributed by atoms with E-state index in [0.29, 0.717) is 5.56 Å². The van der Waals surface area contributed by atoms with E-state index in [2.05, 4.69) is 5.32 Å². The smallest absolute Gasteiger partial charge is 0.378 e. The lowest BCUT2D eigenvalue weighted by Crippen LogP contribution is -2.26. The van der Waals surface area contributed by atoms with Gasteiger partial charge < -0.3 is 5.32 Å². The van der Waals surface area contributed by atoms with Crippen LogP contribution < -0.4 is 5.32 Å². The van der Waals surface area contributed by atoms with E-state index in [1.165, 1.54) is 11.6 Å². The molecule has 1 unspecified atom stereocenters. The summed E-state index contributed by atoms with van der Waals surface area (Å²) in [6.07, 6.45) is 3.74. The number of hydrogen-bond acceptors (Lipinski definition) is 1. The predicted molar refractivity (Wildman–Crippen MR) is 72.0 cm³/mol. The number of dihydropyridines is 1. The Morgan fingerprint density at radius 1 is 1.05 bits per heavy atom. The van der Waals surface area contributed by atoms with Gasteiger partial charge in [0.05, 0.1) is 11.6 Å². The molecule has 1 nitrogen and oxygen atoms in total. The maximum absolute atomic E-state index is 13.1. The van der Waals surface area contributed by atoms with Crippen LogP contribution in [0.2, 0.25) is 0 Å². The minimum Gasteiger partial charge on any atom is -0.378 e. The number of rotatable bonds is 1. The Hall–Kier alpha value is -1.71. The molecule has 0 amide bonds. The van der Waals surface area contributed by atoms with Gasteiger partial charge in [-0.1, -0.05) is 30.4 Å². The Balaban J connectivity index is 1.93. The average Bonchev–Trinajstić information content (AvgIpc) is 2.46. The van der Waals surface area contributed by atoms with Crippen LogP contribution in [-0.2, 0) is 6.18 Å². The lowest BCUT2D eigenvalue weighted by molar-refractivity contribution is -0.138. The van der Waals surface area contributed by atoms with E-state index < -0.39 is 11.7 Å². The van der Waals surface area contributed by atoms with Crippen molar-refractivity contribution in [2.45, 2.75) is 37.9 Å². The average molecular weight is 279 g/mol. The molecule has 0 radical (unpaired) electrons. The highest BCUT2D eigenvalue weighted by atomic mass is 19.4. The van der Waals surface area contributed by atoms with Crippen molar-refractivity contribution in [1.82, 2.24) is 5.32 Å². The van der Waals surface area contributed by atoms with Crippen molar-refractivity contribution < 1.29 is 13.2 Å². The maximum Gasteiger partial charge on any atom is 0.416 e. The number of hydrogen-bond donors (Lipinski definition) is 1. The molecule has 0 fully saturated rings. The molecule has 0 saturated carbocycles. The first-order chi connectivity index (χ1) is 9.55. The lowest BCUT2D eigenvalue weighted by Gasteiger charge is -2.29. The molecule has 3 rings (SSSR count). The van der Waals surface area contributed by atoms with Crippen LogP contribution in [0, 0.1) is 0 Å². The van der Waals surface area contributed by atoms with Crippen LogP contribution >= 0.6 is 0 Å². The van der Waals surface area contributed by atoms with Crippen molar-refractivity contribution in [1.29, 1.82) is 0 Å². The molecule has 4 heteroatoms. The fraction of sp³-hybridized carbons (Fsp3) is 0.375. The third-order valence-corrected chi connectivity index (χ3v) is 3.93. The first-order valence-electron chi connectivity index (χ1n) is 6.88. The van der Waals surface area contributed by atoms with Crippen LogP contribution in [0.1, 0.15) is 42.9 Å². The van der Waals surface area contributed by atoms with Crippen molar-refractivity contribution >= 4 is 0 Å². The van der Waals surface area contributed by atoms with Gasteiger partial charge in [0, 0.05) is 5.70 Å². The van der Waals surface area contributed by atoms with Gasteiger partial charge in [-0.3, -0.25) is 0 Å². The van der Waals surface area contributed by atoms with Gasteiger partial charge in [0.15, 0.2) is 0 Å². The highest BCUT2D eigenvalue weighted by molar-refractivity contribution is 5.40. The number of allylic oxidation sites excluding steroid dienone is 3. The molecule has 1 aromatic carbocycles. The third kappa shape index (κ3) is 2.47. The lowest BCUT2D eigenvalue weighted by atomic mass is 9.90. The van der Waals surface area contributed by atoms with Gasteiger partial charge in [-0.05, 0) is 42.9 Å². The van der Waals surface area contributed by atoms with E-state index in [1.54, 1.807) is 12.1 Å². The summed E-state index contributed by atoms with van der Waals surface area (Å²) in [5.41, 5.74) is 2.10.